The van der Waals surface area contributed by atoms with E-state index in [1.807, 2.05) is 45.2 Å². The summed E-state index contributed by atoms with van der Waals surface area (Å²) in [5, 5.41) is 0. The van der Waals surface area contributed by atoms with Gasteiger partial charge >= 0.3 is 5.97 Å². The van der Waals surface area contributed by atoms with Gasteiger partial charge in [-0.3, -0.25) is 4.79 Å². The summed E-state index contributed by atoms with van der Waals surface area (Å²) >= 11 is 3.69. The van der Waals surface area contributed by atoms with E-state index < -0.39 is 12.4 Å². The van der Waals surface area contributed by atoms with Crippen LogP contribution in [-0.2, 0) is 16.0 Å². The molecule has 0 aliphatic carbocycles. The maximum atomic E-state index is 12.9. The number of pyridine rings is 1. The third-order valence-corrected chi connectivity index (χ3v) is 4.90. The molecule has 0 amide bonds. The van der Waals surface area contributed by atoms with E-state index in [1.165, 1.54) is 6.20 Å². The second kappa shape index (κ2) is 6.76. The predicted octanol–water partition coefficient (Wildman–Crippen LogP) is 3.33. The molecule has 0 atom stereocenters. The standard InChI is InChI=1S/C10H9F2I2NO2/c1-2-17-6(16)3-5-4-15-10(14)8(13)7(5)9(11)12/h4,9H,2-3H2,1H3. The summed E-state index contributed by atoms with van der Waals surface area (Å²) in [5.74, 6) is -0.520. The third-order valence-electron chi connectivity index (χ3n) is 1.96. The fourth-order valence-corrected chi connectivity index (χ4v) is 2.41. The van der Waals surface area contributed by atoms with Crippen molar-refractivity contribution in [1.29, 1.82) is 0 Å². The first-order chi connectivity index (χ1) is 7.97. The highest BCUT2D eigenvalue weighted by molar-refractivity contribution is 14.1. The maximum Gasteiger partial charge on any atom is 0.310 e. The Morgan fingerprint density at radius 1 is 1.53 bits per heavy atom. The van der Waals surface area contributed by atoms with E-state index in [2.05, 4.69) is 4.98 Å². The molecule has 0 aliphatic rings. The zero-order valence-corrected chi connectivity index (χ0v) is 13.2. The maximum absolute atomic E-state index is 12.9. The van der Waals surface area contributed by atoms with Gasteiger partial charge in [0.25, 0.3) is 6.43 Å². The molecule has 0 aromatic carbocycles. The molecule has 1 aromatic heterocycles. The van der Waals surface area contributed by atoms with Gasteiger partial charge in [0.15, 0.2) is 0 Å². The Balaban J connectivity index is 3.07. The summed E-state index contributed by atoms with van der Waals surface area (Å²) in [6, 6.07) is 0. The lowest BCUT2D eigenvalue weighted by Gasteiger charge is -2.11. The van der Waals surface area contributed by atoms with E-state index in [1.54, 1.807) is 6.92 Å². The van der Waals surface area contributed by atoms with Gasteiger partial charge in [-0.05, 0) is 57.7 Å². The summed E-state index contributed by atoms with van der Waals surface area (Å²) in [4.78, 5) is 15.3. The molecule has 0 spiro atoms. The molecule has 0 unspecified atom stereocenters. The first-order valence-corrected chi connectivity index (χ1v) is 6.89. The minimum absolute atomic E-state index is 0.127. The molecule has 1 aromatic rings. The number of carbonyl (C=O) groups excluding carboxylic acids is 1. The van der Waals surface area contributed by atoms with Crippen molar-refractivity contribution in [2.45, 2.75) is 19.8 Å². The highest BCUT2D eigenvalue weighted by atomic mass is 127. The molecule has 0 N–H and O–H groups in total. The van der Waals surface area contributed by atoms with Gasteiger partial charge in [0, 0.05) is 11.8 Å². The van der Waals surface area contributed by atoms with Crippen molar-refractivity contribution in [2.75, 3.05) is 6.61 Å². The molecule has 7 heteroatoms. The van der Waals surface area contributed by atoms with Crippen LogP contribution in [0.5, 0.6) is 0 Å². The number of hydrogen-bond acceptors (Lipinski definition) is 3. The highest BCUT2D eigenvalue weighted by Crippen LogP contribution is 2.30. The summed E-state index contributed by atoms with van der Waals surface area (Å²) in [6.45, 7) is 1.90. The normalized spacial score (nSPS) is 10.7. The number of halogens is 4. The summed E-state index contributed by atoms with van der Waals surface area (Å²) in [7, 11) is 0. The average molecular weight is 467 g/mol. The molecule has 17 heavy (non-hydrogen) atoms. The largest absolute Gasteiger partial charge is 0.466 e. The van der Waals surface area contributed by atoms with Crippen LogP contribution in [0.15, 0.2) is 6.20 Å². The van der Waals surface area contributed by atoms with Gasteiger partial charge in [-0.1, -0.05) is 0 Å². The van der Waals surface area contributed by atoms with Crippen LogP contribution in [0.1, 0.15) is 24.5 Å². The van der Waals surface area contributed by atoms with Gasteiger partial charge in [0.05, 0.1) is 16.6 Å². The molecule has 3 nitrogen and oxygen atoms in total. The average Bonchev–Trinajstić information content (AvgIpc) is 2.23. The SMILES string of the molecule is CCOC(=O)Cc1cnc(I)c(I)c1C(F)F. The molecular weight excluding hydrogens is 458 g/mol. The van der Waals surface area contributed by atoms with E-state index in [0.29, 0.717) is 7.27 Å². The Labute approximate surface area is 125 Å². The van der Waals surface area contributed by atoms with Gasteiger partial charge in [0.2, 0.25) is 0 Å². The van der Waals surface area contributed by atoms with E-state index in [4.69, 9.17) is 4.74 Å². The van der Waals surface area contributed by atoms with E-state index in [0.717, 1.165) is 0 Å². The summed E-state index contributed by atoms with van der Waals surface area (Å²) in [5.41, 5.74) is 0.0984. The van der Waals surface area contributed by atoms with Gasteiger partial charge in [-0.2, -0.15) is 0 Å². The lowest BCUT2D eigenvalue weighted by molar-refractivity contribution is -0.142. The van der Waals surface area contributed by atoms with Gasteiger partial charge < -0.3 is 4.74 Å². The lowest BCUT2D eigenvalue weighted by Crippen LogP contribution is -2.11. The van der Waals surface area contributed by atoms with Crippen molar-refractivity contribution in [3.8, 4) is 0 Å². The fraction of sp³-hybridized carbons (Fsp3) is 0.400. The molecule has 1 heterocycles. The summed E-state index contributed by atoms with van der Waals surface area (Å²) < 4.78 is 31.5. The highest BCUT2D eigenvalue weighted by Gasteiger charge is 2.21. The van der Waals surface area contributed by atoms with Gasteiger partial charge in [0.1, 0.15) is 3.70 Å². The molecular formula is C10H9F2I2NO2. The number of aromatic nitrogens is 1. The fourth-order valence-electron chi connectivity index (χ4n) is 1.26. The van der Waals surface area contributed by atoms with Crippen molar-refractivity contribution in [2.24, 2.45) is 0 Å². The number of alkyl halides is 2. The quantitative estimate of drug-likeness (QED) is 0.388. The van der Waals surface area contributed by atoms with Crippen molar-refractivity contribution < 1.29 is 18.3 Å². The zero-order valence-electron chi connectivity index (χ0n) is 8.84. The third kappa shape index (κ3) is 3.97. The summed E-state index contributed by atoms with van der Waals surface area (Å²) in [6.07, 6.45) is -1.49. The first-order valence-electron chi connectivity index (χ1n) is 4.73. The minimum atomic E-state index is -2.62. The number of ether oxygens (including phenoxy) is 1. The Kier molecular flexibility index (Phi) is 5.97. The van der Waals surface area contributed by atoms with Crippen LogP contribution >= 0.6 is 45.2 Å². The zero-order chi connectivity index (χ0) is 13.0. The smallest absolute Gasteiger partial charge is 0.310 e. The monoisotopic (exact) mass is 467 g/mol. The molecule has 0 radical (unpaired) electrons. The molecule has 0 fully saturated rings. The number of nitrogens with zero attached hydrogens (tertiary/aromatic N) is 1. The number of esters is 1. The van der Waals surface area contributed by atoms with Gasteiger partial charge in [-0.25, -0.2) is 13.8 Å². The van der Waals surface area contributed by atoms with E-state index in [9.17, 15) is 13.6 Å². The molecule has 1 rings (SSSR count). The van der Waals surface area contributed by atoms with Crippen molar-refractivity contribution >= 4 is 51.2 Å². The second-order valence-corrected chi connectivity index (χ2v) is 5.18. The second-order valence-electron chi connectivity index (χ2n) is 3.08. The number of rotatable bonds is 4. The van der Waals surface area contributed by atoms with Crippen molar-refractivity contribution in [1.82, 2.24) is 4.98 Å². The molecule has 94 valence electrons. The lowest BCUT2D eigenvalue weighted by atomic mass is 10.1. The molecule has 0 bridgehead atoms. The number of carbonyl (C=O) groups is 1. The van der Waals surface area contributed by atoms with E-state index in [-0.39, 0.29) is 24.2 Å². The first kappa shape index (κ1) is 15.0. The Hall–Kier alpha value is -0.0600. The van der Waals surface area contributed by atoms with Crippen LogP contribution < -0.4 is 0 Å². The van der Waals surface area contributed by atoms with Crippen LogP contribution in [0, 0.1) is 7.27 Å². The van der Waals surface area contributed by atoms with Gasteiger partial charge in [-0.15, -0.1) is 0 Å². The van der Waals surface area contributed by atoms with Crippen LogP contribution in [-0.4, -0.2) is 17.6 Å². The van der Waals surface area contributed by atoms with Crippen molar-refractivity contribution in [3.05, 3.63) is 24.6 Å². The van der Waals surface area contributed by atoms with Crippen LogP contribution in [0.3, 0.4) is 0 Å². The van der Waals surface area contributed by atoms with Crippen LogP contribution in [0.25, 0.3) is 0 Å². The van der Waals surface area contributed by atoms with Crippen LogP contribution in [0.2, 0.25) is 0 Å². The Morgan fingerprint density at radius 3 is 2.71 bits per heavy atom. The van der Waals surface area contributed by atoms with Crippen LogP contribution in [0.4, 0.5) is 8.78 Å². The van der Waals surface area contributed by atoms with E-state index >= 15 is 0 Å². The number of hydrogen-bond donors (Lipinski definition) is 0. The Morgan fingerprint density at radius 2 is 2.18 bits per heavy atom. The minimum Gasteiger partial charge on any atom is -0.466 e. The molecule has 0 saturated carbocycles. The predicted molar refractivity (Wildman–Crippen MR) is 75.0 cm³/mol. The topological polar surface area (TPSA) is 39.2 Å². The Bertz CT molecular complexity index is 427. The molecule has 0 saturated heterocycles. The molecule has 0 aliphatic heterocycles. The van der Waals surface area contributed by atoms with Crippen molar-refractivity contribution in [3.63, 3.8) is 0 Å².